The van der Waals surface area contributed by atoms with Crippen LogP contribution in [0.3, 0.4) is 0 Å². The molecule has 0 saturated carbocycles. The molecule has 1 unspecified atom stereocenters. The molecule has 2 rings (SSSR count). The van der Waals surface area contributed by atoms with Crippen molar-refractivity contribution in [3.8, 4) is 11.5 Å². The van der Waals surface area contributed by atoms with Crippen molar-refractivity contribution in [1.29, 1.82) is 0 Å². The van der Waals surface area contributed by atoms with Crippen molar-refractivity contribution in [2.24, 2.45) is 0 Å². The van der Waals surface area contributed by atoms with Gasteiger partial charge in [-0.05, 0) is 30.2 Å². The number of carbonyl (C=O) groups excluding carboxylic acids is 1. The van der Waals surface area contributed by atoms with Crippen molar-refractivity contribution >= 4 is 12.1 Å². The predicted octanol–water partition coefficient (Wildman–Crippen LogP) is 3.74. The molecular formula is C19H19F2NO6. The first-order valence-electron chi connectivity index (χ1n) is 8.32. The molecule has 2 aromatic rings. The molecule has 2 N–H and O–H groups in total. The van der Waals surface area contributed by atoms with E-state index in [4.69, 9.17) is 9.47 Å². The summed E-state index contributed by atoms with van der Waals surface area (Å²) < 4.78 is 39.5. The van der Waals surface area contributed by atoms with Gasteiger partial charge in [-0.1, -0.05) is 36.4 Å². The standard InChI is InChI=1S/C19H19F2NO6/c1-2-26-15-10-13(8-9-14(15)28-18(20)21)16(17(23)24)22-19(25)27-11-12-6-4-3-5-7-12/h3-10,16,18H,2,11H2,1H3,(H,22,25)(H,23,24). The van der Waals surface area contributed by atoms with Crippen molar-refractivity contribution in [3.05, 3.63) is 59.7 Å². The third-order valence-corrected chi connectivity index (χ3v) is 3.54. The van der Waals surface area contributed by atoms with E-state index in [1.807, 2.05) is 0 Å². The van der Waals surface area contributed by atoms with Gasteiger partial charge in [-0.25, -0.2) is 9.59 Å². The number of hydrogen-bond donors (Lipinski definition) is 2. The largest absolute Gasteiger partial charge is 0.490 e. The van der Waals surface area contributed by atoms with E-state index in [0.717, 1.165) is 11.6 Å². The van der Waals surface area contributed by atoms with Gasteiger partial charge in [0.05, 0.1) is 6.61 Å². The van der Waals surface area contributed by atoms with Gasteiger partial charge in [-0.15, -0.1) is 0 Å². The molecule has 0 aliphatic carbocycles. The highest BCUT2D eigenvalue weighted by atomic mass is 19.3. The van der Waals surface area contributed by atoms with Crippen LogP contribution in [0, 0.1) is 0 Å². The average Bonchev–Trinajstić information content (AvgIpc) is 2.66. The minimum Gasteiger partial charge on any atom is -0.490 e. The highest BCUT2D eigenvalue weighted by molar-refractivity contribution is 5.81. The summed E-state index contributed by atoms with van der Waals surface area (Å²) >= 11 is 0. The minimum atomic E-state index is -3.06. The number of hydrogen-bond acceptors (Lipinski definition) is 5. The lowest BCUT2D eigenvalue weighted by Gasteiger charge is -2.17. The van der Waals surface area contributed by atoms with E-state index < -0.39 is 24.7 Å². The summed E-state index contributed by atoms with van der Waals surface area (Å²) in [4.78, 5) is 23.6. The zero-order valence-corrected chi connectivity index (χ0v) is 14.9. The van der Waals surface area contributed by atoms with Gasteiger partial charge < -0.3 is 24.6 Å². The van der Waals surface area contributed by atoms with Crippen LogP contribution in [0.15, 0.2) is 48.5 Å². The van der Waals surface area contributed by atoms with Gasteiger partial charge in [0, 0.05) is 0 Å². The van der Waals surface area contributed by atoms with Crippen molar-refractivity contribution < 1.29 is 37.7 Å². The molecular weight excluding hydrogens is 376 g/mol. The first-order valence-corrected chi connectivity index (χ1v) is 8.32. The second kappa shape index (κ2) is 10.1. The Morgan fingerprint density at radius 3 is 2.43 bits per heavy atom. The van der Waals surface area contributed by atoms with Gasteiger partial charge in [-0.2, -0.15) is 8.78 Å². The molecule has 0 aromatic heterocycles. The summed E-state index contributed by atoms with van der Waals surface area (Å²) in [6.45, 7) is -1.32. The Labute approximate surface area is 159 Å². The Morgan fingerprint density at radius 2 is 1.82 bits per heavy atom. The van der Waals surface area contributed by atoms with Crippen LogP contribution in [0.2, 0.25) is 0 Å². The third-order valence-electron chi connectivity index (χ3n) is 3.54. The Morgan fingerprint density at radius 1 is 1.11 bits per heavy atom. The van der Waals surface area contributed by atoms with E-state index in [9.17, 15) is 23.5 Å². The van der Waals surface area contributed by atoms with Gasteiger partial charge in [0.25, 0.3) is 0 Å². The van der Waals surface area contributed by atoms with E-state index in [2.05, 4.69) is 10.1 Å². The van der Waals surface area contributed by atoms with Crippen LogP contribution in [0.5, 0.6) is 11.5 Å². The van der Waals surface area contributed by atoms with Gasteiger partial charge in [0.15, 0.2) is 17.5 Å². The number of alkyl carbamates (subject to hydrolysis) is 1. The number of nitrogens with one attached hydrogen (secondary N) is 1. The Bertz CT molecular complexity index is 800. The smallest absolute Gasteiger partial charge is 0.408 e. The van der Waals surface area contributed by atoms with Crippen molar-refractivity contribution in [1.82, 2.24) is 5.32 Å². The lowest BCUT2D eigenvalue weighted by molar-refractivity contribution is -0.139. The monoisotopic (exact) mass is 395 g/mol. The van der Waals surface area contributed by atoms with Crippen molar-refractivity contribution in [2.45, 2.75) is 26.2 Å². The minimum absolute atomic E-state index is 0.0373. The normalized spacial score (nSPS) is 11.6. The molecule has 1 amide bonds. The molecule has 0 fully saturated rings. The fourth-order valence-electron chi connectivity index (χ4n) is 2.34. The molecule has 0 bridgehead atoms. The average molecular weight is 395 g/mol. The molecule has 1 atom stereocenters. The van der Waals surface area contributed by atoms with E-state index in [1.54, 1.807) is 37.3 Å². The molecule has 0 radical (unpaired) electrons. The summed E-state index contributed by atoms with van der Waals surface area (Å²) in [6.07, 6.45) is -0.942. The Balaban J connectivity index is 2.12. The van der Waals surface area contributed by atoms with Crippen LogP contribution in [-0.2, 0) is 16.1 Å². The van der Waals surface area contributed by atoms with Crippen LogP contribution in [0.1, 0.15) is 24.1 Å². The molecule has 0 spiro atoms. The number of carboxylic acid groups (broad SMARTS) is 1. The highest BCUT2D eigenvalue weighted by Gasteiger charge is 2.25. The number of amides is 1. The van der Waals surface area contributed by atoms with Crippen LogP contribution >= 0.6 is 0 Å². The predicted molar refractivity (Wildman–Crippen MR) is 94.4 cm³/mol. The van der Waals surface area contributed by atoms with Gasteiger partial charge in [0.1, 0.15) is 6.61 Å². The lowest BCUT2D eigenvalue weighted by atomic mass is 10.1. The molecule has 0 aliphatic heterocycles. The second-order valence-corrected chi connectivity index (χ2v) is 5.50. The molecule has 9 heteroatoms. The second-order valence-electron chi connectivity index (χ2n) is 5.50. The summed E-state index contributed by atoms with van der Waals surface area (Å²) in [5.41, 5.74) is 0.839. The molecule has 7 nitrogen and oxygen atoms in total. The zero-order chi connectivity index (χ0) is 20.5. The maximum absolute atomic E-state index is 12.5. The summed E-state index contributed by atoms with van der Waals surface area (Å²) in [7, 11) is 0. The van der Waals surface area contributed by atoms with E-state index in [1.165, 1.54) is 12.1 Å². The van der Waals surface area contributed by atoms with Crippen LogP contribution in [0.4, 0.5) is 13.6 Å². The maximum Gasteiger partial charge on any atom is 0.408 e. The third kappa shape index (κ3) is 6.11. The van der Waals surface area contributed by atoms with Crippen LogP contribution in [-0.4, -0.2) is 30.4 Å². The van der Waals surface area contributed by atoms with E-state index in [0.29, 0.717) is 0 Å². The molecule has 0 saturated heterocycles. The number of ether oxygens (including phenoxy) is 3. The lowest BCUT2D eigenvalue weighted by Crippen LogP contribution is -2.34. The molecule has 150 valence electrons. The first kappa shape index (κ1) is 20.9. The van der Waals surface area contributed by atoms with Crippen LogP contribution < -0.4 is 14.8 Å². The summed E-state index contributed by atoms with van der Waals surface area (Å²) in [5, 5.41) is 11.7. The number of halogens is 2. The highest BCUT2D eigenvalue weighted by Crippen LogP contribution is 2.32. The molecule has 0 aliphatic rings. The molecule has 2 aromatic carbocycles. The number of aliphatic carboxylic acids is 1. The number of alkyl halides is 2. The van der Waals surface area contributed by atoms with Crippen LogP contribution in [0.25, 0.3) is 0 Å². The first-order chi connectivity index (χ1) is 13.4. The Kier molecular flexibility index (Phi) is 7.55. The SMILES string of the molecule is CCOc1cc(C(NC(=O)OCc2ccccc2)C(=O)O)ccc1OC(F)F. The van der Waals surface area contributed by atoms with Crippen molar-refractivity contribution in [2.75, 3.05) is 6.61 Å². The maximum atomic E-state index is 12.5. The Hall–Kier alpha value is -3.36. The van der Waals surface area contributed by atoms with E-state index in [-0.39, 0.29) is 30.3 Å². The van der Waals surface area contributed by atoms with Gasteiger partial charge >= 0.3 is 18.7 Å². The van der Waals surface area contributed by atoms with Crippen molar-refractivity contribution in [3.63, 3.8) is 0 Å². The fourth-order valence-corrected chi connectivity index (χ4v) is 2.34. The number of benzene rings is 2. The fraction of sp³-hybridized carbons (Fsp3) is 0.263. The van der Waals surface area contributed by atoms with Gasteiger partial charge in [0.2, 0.25) is 0 Å². The number of rotatable bonds is 9. The quantitative estimate of drug-likeness (QED) is 0.672. The molecule has 0 heterocycles. The zero-order valence-electron chi connectivity index (χ0n) is 14.9. The topological polar surface area (TPSA) is 94.1 Å². The summed E-state index contributed by atoms with van der Waals surface area (Å²) in [6, 6.07) is 11.0. The number of carbonyl (C=O) groups is 2. The number of carboxylic acids is 1. The van der Waals surface area contributed by atoms with Gasteiger partial charge in [-0.3, -0.25) is 0 Å². The summed E-state index contributed by atoms with van der Waals surface area (Å²) in [5.74, 6) is -1.66. The molecule has 28 heavy (non-hydrogen) atoms. The van der Waals surface area contributed by atoms with E-state index >= 15 is 0 Å².